The molecule has 0 saturated heterocycles. The average molecular weight is 227 g/mol. The molecule has 1 saturated carbocycles. The van der Waals surface area contributed by atoms with E-state index in [1.54, 1.807) is 0 Å². The summed E-state index contributed by atoms with van der Waals surface area (Å²) in [5, 5.41) is 3.46. The third-order valence-corrected chi connectivity index (χ3v) is 3.37. The van der Waals surface area contributed by atoms with Crippen LogP contribution in [0.25, 0.3) is 0 Å². The van der Waals surface area contributed by atoms with E-state index in [1.807, 2.05) is 0 Å². The quantitative estimate of drug-likeness (QED) is 0.752. The van der Waals surface area contributed by atoms with Gasteiger partial charge in [0, 0.05) is 6.54 Å². The zero-order valence-electron chi connectivity index (χ0n) is 11.5. The van der Waals surface area contributed by atoms with Gasteiger partial charge in [-0.25, -0.2) is 0 Å². The normalized spacial score (nSPS) is 28.3. The lowest BCUT2D eigenvalue weighted by Crippen LogP contribution is -2.33. The van der Waals surface area contributed by atoms with Gasteiger partial charge in [0.15, 0.2) is 0 Å². The monoisotopic (exact) mass is 227 g/mol. The van der Waals surface area contributed by atoms with Crippen LogP contribution in [0.1, 0.15) is 53.4 Å². The molecule has 1 aliphatic carbocycles. The molecule has 2 nitrogen and oxygen atoms in total. The Bertz CT molecular complexity index is 174. The zero-order chi connectivity index (χ0) is 12.0. The third-order valence-electron chi connectivity index (χ3n) is 3.37. The lowest BCUT2D eigenvalue weighted by molar-refractivity contribution is -0.0260. The largest absolute Gasteiger partial charge is 0.374 e. The van der Waals surface area contributed by atoms with Gasteiger partial charge in [0.25, 0.3) is 0 Å². The summed E-state index contributed by atoms with van der Waals surface area (Å²) in [5.41, 5.74) is 0. The van der Waals surface area contributed by atoms with Crippen molar-refractivity contribution < 1.29 is 4.74 Å². The van der Waals surface area contributed by atoms with E-state index < -0.39 is 0 Å². The van der Waals surface area contributed by atoms with Crippen molar-refractivity contribution in [3.8, 4) is 0 Å². The second kappa shape index (κ2) is 7.29. The topological polar surface area (TPSA) is 21.3 Å². The van der Waals surface area contributed by atoms with Crippen molar-refractivity contribution in [3.63, 3.8) is 0 Å². The van der Waals surface area contributed by atoms with E-state index in [-0.39, 0.29) is 0 Å². The first-order valence-electron chi connectivity index (χ1n) is 6.94. The molecule has 0 aliphatic heterocycles. The fourth-order valence-corrected chi connectivity index (χ4v) is 2.32. The summed E-state index contributed by atoms with van der Waals surface area (Å²) in [6, 6.07) is 0. The molecule has 0 aromatic heterocycles. The third kappa shape index (κ3) is 5.86. The molecule has 1 atom stereocenters. The van der Waals surface area contributed by atoms with Crippen LogP contribution >= 0.6 is 0 Å². The van der Waals surface area contributed by atoms with Crippen LogP contribution in [0.3, 0.4) is 0 Å². The van der Waals surface area contributed by atoms with Crippen LogP contribution in [-0.2, 0) is 4.74 Å². The summed E-state index contributed by atoms with van der Waals surface area (Å²) in [6.07, 6.45) is 6.09. The molecule has 1 N–H and O–H groups in total. The van der Waals surface area contributed by atoms with Crippen LogP contribution in [0.5, 0.6) is 0 Å². The van der Waals surface area contributed by atoms with Crippen molar-refractivity contribution in [1.82, 2.24) is 5.32 Å². The number of nitrogens with one attached hydrogen (secondary N) is 1. The minimum Gasteiger partial charge on any atom is -0.374 e. The molecule has 0 radical (unpaired) electrons. The van der Waals surface area contributed by atoms with E-state index in [2.05, 4.69) is 33.0 Å². The van der Waals surface area contributed by atoms with Gasteiger partial charge in [-0.05, 0) is 51.0 Å². The minimum absolute atomic E-state index is 0.358. The molecule has 1 aliphatic rings. The van der Waals surface area contributed by atoms with Crippen LogP contribution in [0.2, 0.25) is 0 Å². The maximum absolute atomic E-state index is 6.06. The van der Waals surface area contributed by atoms with Gasteiger partial charge in [-0.1, -0.05) is 20.8 Å². The van der Waals surface area contributed by atoms with Gasteiger partial charge in [0.2, 0.25) is 0 Å². The highest BCUT2D eigenvalue weighted by molar-refractivity contribution is 4.71. The van der Waals surface area contributed by atoms with Gasteiger partial charge < -0.3 is 10.1 Å². The maximum atomic E-state index is 6.06. The van der Waals surface area contributed by atoms with Crippen LogP contribution < -0.4 is 5.32 Å². The predicted octanol–water partition coefficient (Wildman–Crippen LogP) is 3.22. The molecule has 0 spiro atoms. The van der Waals surface area contributed by atoms with Crippen LogP contribution in [0.4, 0.5) is 0 Å². The fourth-order valence-electron chi connectivity index (χ4n) is 2.32. The predicted molar refractivity (Wildman–Crippen MR) is 69.7 cm³/mol. The van der Waals surface area contributed by atoms with Gasteiger partial charge in [0.05, 0.1) is 12.2 Å². The van der Waals surface area contributed by atoms with Crippen molar-refractivity contribution in [2.45, 2.75) is 65.6 Å². The smallest absolute Gasteiger partial charge is 0.0675 e. The van der Waals surface area contributed by atoms with Crippen LogP contribution in [0, 0.1) is 11.8 Å². The Morgan fingerprint density at radius 2 is 1.69 bits per heavy atom. The van der Waals surface area contributed by atoms with Crippen molar-refractivity contribution in [2.24, 2.45) is 11.8 Å². The molecular weight excluding hydrogens is 198 g/mol. The summed E-state index contributed by atoms with van der Waals surface area (Å²) in [4.78, 5) is 0. The van der Waals surface area contributed by atoms with E-state index in [9.17, 15) is 0 Å². The molecule has 0 heterocycles. The van der Waals surface area contributed by atoms with E-state index in [0.29, 0.717) is 12.2 Å². The number of ether oxygens (including phenoxy) is 1. The highest BCUT2D eigenvalue weighted by Gasteiger charge is 2.20. The van der Waals surface area contributed by atoms with Crippen molar-refractivity contribution in [3.05, 3.63) is 0 Å². The number of hydrogen-bond donors (Lipinski definition) is 1. The molecule has 0 amide bonds. The first-order chi connectivity index (χ1) is 7.58. The van der Waals surface area contributed by atoms with Crippen molar-refractivity contribution >= 4 is 0 Å². The molecule has 2 heteroatoms. The van der Waals surface area contributed by atoms with Gasteiger partial charge in [-0.15, -0.1) is 0 Å². The Balaban J connectivity index is 2.07. The molecule has 0 bridgehead atoms. The molecule has 96 valence electrons. The van der Waals surface area contributed by atoms with Gasteiger partial charge in [-0.3, -0.25) is 0 Å². The first kappa shape index (κ1) is 14.0. The lowest BCUT2D eigenvalue weighted by Gasteiger charge is -2.29. The molecule has 0 aromatic carbocycles. The van der Waals surface area contributed by atoms with Crippen LogP contribution in [-0.4, -0.2) is 25.3 Å². The first-order valence-corrected chi connectivity index (χ1v) is 6.94. The molecule has 16 heavy (non-hydrogen) atoms. The van der Waals surface area contributed by atoms with Crippen molar-refractivity contribution in [2.75, 3.05) is 13.1 Å². The van der Waals surface area contributed by atoms with Gasteiger partial charge in [-0.2, -0.15) is 0 Å². The lowest BCUT2D eigenvalue weighted by atomic mass is 9.89. The Hall–Kier alpha value is -0.0800. The Morgan fingerprint density at radius 3 is 2.25 bits per heavy atom. The molecule has 0 aromatic rings. The molecular formula is C14H29NO. The summed E-state index contributed by atoms with van der Waals surface area (Å²) >= 11 is 0. The Labute approximate surface area is 101 Å². The summed E-state index contributed by atoms with van der Waals surface area (Å²) < 4.78 is 6.06. The Morgan fingerprint density at radius 1 is 1.06 bits per heavy atom. The SMILES string of the molecule is CC(C)CNCC(C)OC1CCC(C)CC1. The highest BCUT2D eigenvalue weighted by Crippen LogP contribution is 2.26. The summed E-state index contributed by atoms with van der Waals surface area (Å²) in [6.45, 7) is 11.1. The van der Waals surface area contributed by atoms with E-state index in [4.69, 9.17) is 4.74 Å². The van der Waals surface area contributed by atoms with Gasteiger partial charge in [0.1, 0.15) is 0 Å². The van der Waals surface area contributed by atoms with Crippen LogP contribution in [0.15, 0.2) is 0 Å². The van der Waals surface area contributed by atoms with E-state index in [0.717, 1.165) is 24.9 Å². The second-order valence-electron chi connectivity index (χ2n) is 5.88. The highest BCUT2D eigenvalue weighted by atomic mass is 16.5. The number of rotatable bonds is 6. The molecule has 1 rings (SSSR count). The Kier molecular flexibility index (Phi) is 6.37. The van der Waals surface area contributed by atoms with E-state index in [1.165, 1.54) is 25.7 Å². The van der Waals surface area contributed by atoms with Gasteiger partial charge >= 0.3 is 0 Å². The maximum Gasteiger partial charge on any atom is 0.0675 e. The summed E-state index contributed by atoms with van der Waals surface area (Å²) in [7, 11) is 0. The second-order valence-corrected chi connectivity index (χ2v) is 5.88. The summed E-state index contributed by atoms with van der Waals surface area (Å²) in [5.74, 6) is 1.64. The number of hydrogen-bond acceptors (Lipinski definition) is 2. The molecule has 1 fully saturated rings. The standard InChI is InChI=1S/C14H29NO/c1-11(2)9-15-10-13(4)16-14-7-5-12(3)6-8-14/h11-15H,5-10H2,1-4H3. The fraction of sp³-hybridized carbons (Fsp3) is 1.00. The molecule has 1 unspecified atom stereocenters. The van der Waals surface area contributed by atoms with E-state index >= 15 is 0 Å². The minimum atomic E-state index is 0.358. The zero-order valence-corrected chi connectivity index (χ0v) is 11.5. The average Bonchev–Trinajstić information content (AvgIpc) is 2.21. The van der Waals surface area contributed by atoms with Crippen molar-refractivity contribution in [1.29, 1.82) is 0 Å².